The maximum absolute atomic E-state index is 13.9. The van der Waals surface area contributed by atoms with Crippen molar-refractivity contribution in [2.45, 2.75) is 20.3 Å². The summed E-state index contributed by atoms with van der Waals surface area (Å²) in [6.07, 6.45) is 2.11. The highest BCUT2D eigenvalue weighted by Gasteiger charge is 2.43. The smallest absolute Gasteiger partial charge is 0.229 e. The van der Waals surface area contributed by atoms with E-state index in [9.17, 15) is 19.8 Å². The number of ketones is 2. The molecule has 0 saturated carbocycles. The second-order valence-corrected chi connectivity index (χ2v) is 9.00. The summed E-state index contributed by atoms with van der Waals surface area (Å²) in [5, 5.41) is 29.5. The monoisotopic (exact) mass is 488 g/mol. The molecule has 0 bridgehead atoms. The number of fused-ring (bicyclic) bond motifs is 2. The minimum Gasteiger partial charge on any atom is -0.508 e. The molecule has 0 aliphatic heterocycles. The molecule has 1 atom stereocenters. The van der Waals surface area contributed by atoms with Gasteiger partial charge in [0.05, 0.1) is 19.3 Å². The highest BCUT2D eigenvalue weighted by molar-refractivity contribution is 6.48. The summed E-state index contributed by atoms with van der Waals surface area (Å²) in [4.78, 5) is 27.7. The van der Waals surface area contributed by atoms with Crippen molar-refractivity contribution >= 4 is 22.7 Å². The number of hydrogen-bond acceptors (Lipinski definition) is 7. The fourth-order valence-corrected chi connectivity index (χ4v) is 4.59. The van der Waals surface area contributed by atoms with Crippen LogP contribution in [-0.4, -0.2) is 47.2 Å². The third kappa shape index (κ3) is 4.33. The minimum absolute atomic E-state index is 0.0368. The summed E-state index contributed by atoms with van der Waals surface area (Å²) < 4.78 is 11.1. The van der Waals surface area contributed by atoms with Crippen molar-refractivity contribution in [1.82, 2.24) is 0 Å². The summed E-state index contributed by atoms with van der Waals surface area (Å²) in [6.45, 7) is 7.72. The average molecular weight is 489 g/mol. The number of Topliss-reactive ketones (excluding diaryl/α,β-unsaturated/α-hetero) is 2. The first-order chi connectivity index (χ1) is 17.2. The Morgan fingerprint density at radius 1 is 1.08 bits per heavy atom. The molecule has 3 N–H and O–H groups in total. The zero-order chi connectivity index (χ0) is 26.1. The molecular weight excluding hydrogens is 460 g/mol. The van der Waals surface area contributed by atoms with Crippen LogP contribution in [0.2, 0.25) is 0 Å². The number of aromatic hydroxyl groups is 2. The van der Waals surface area contributed by atoms with Gasteiger partial charge in [-0.25, -0.2) is 0 Å². The molecule has 2 aliphatic rings. The maximum Gasteiger partial charge on any atom is 0.229 e. The molecule has 1 unspecified atom stereocenters. The Balaban J connectivity index is 1.85. The number of benzene rings is 2. The van der Waals surface area contributed by atoms with Gasteiger partial charge in [-0.05, 0) is 72.9 Å². The Morgan fingerprint density at radius 3 is 2.39 bits per heavy atom. The van der Waals surface area contributed by atoms with Gasteiger partial charge in [-0.15, -0.1) is 0 Å². The summed E-state index contributed by atoms with van der Waals surface area (Å²) in [7, 11) is 1.34. The van der Waals surface area contributed by atoms with Gasteiger partial charge in [0, 0.05) is 17.1 Å². The van der Waals surface area contributed by atoms with E-state index in [0.29, 0.717) is 23.1 Å². The van der Waals surface area contributed by atoms with Crippen LogP contribution in [0.25, 0.3) is 11.1 Å². The van der Waals surface area contributed by atoms with Gasteiger partial charge >= 0.3 is 0 Å². The van der Waals surface area contributed by atoms with E-state index in [1.165, 1.54) is 25.3 Å². The first-order valence-electron chi connectivity index (χ1n) is 11.5. The number of phenols is 2. The highest BCUT2D eigenvalue weighted by Crippen LogP contribution is 2.48. The van der Waals surface area contributed by atoms with Crippen LogP contribution in [0.1, 0.15) is 30.5 Å². The molecule has 0 saturated heterocycles. The highest BCUT2D eigenvalue weighted by atomic mass is 16.5. The molecule has 2 aromatic rings. The molecule has 186 valence electrons. The lowest BCUT2D eigenvalue weighted by atomic mass is 9.69. The second-order valence-electron chi connectivity index (χ2n) is 9.00. The molecule has 4 rings (SSSR count). The van der Waals surface area contributed by atoms with E-state index in [4.69, 9.17) is 14.6 Å². The van der Waals surface area contributed by atoms with Gasteiger partial charge in [0.25, 0.3) is 0 Å². The molecule has 2 aromatic carbocycles. The zero-order valence-electron chi connectivity index (χ0n) is 20.4. The lowest BCUT2D eigenvalue weighted by Gasteiger charge is -2.33. The average Bonchev–Trinajstić information content (AvgIpc) is 2.85. The van der Waals surface area contributed by atoms with Crippen LogP contribution in [0.4, 0.5) is 0 Å². The van der Waals surface area contributed by atoms with E-state index in [2.05, 4.69) is 6.58 Å². The van der Waals surface area contributed by atoms with E-state index >= 15 is 0 Å². The van der Waals surface area contributed by atoms with Crippen molar-refractivity contribution in [1.29, 1.82) is 0 Å². The Labute approximate surface area is 209 Å². The molecule has 0 aromatic heterocycles. The van der Waals surface area contributed by atoms with Crippen LogP contribution in [-0.2, 0) is 20.7 Å². The molecule has 7 heteroatoms. The van der Waals surface area contributed by atoms with Crippen molar-refractivity contribution in [2.75, 3.05) is 20.3 Å². The van der Waals surface area contributed by atoms with E-state index in [1.807, 2.05) is 6.92 Å². The van der Waals surface area contributed by atoms with E-state index in [0.717, 1.165) is 16.7 Å². The summed E-state index contributed by atoms with van der Waals surface area (Å²) in [5.74, 6) is -1.23. The number of methoxy groups -OCH3 is 1. The van der Waals surface area contributed by atoms with E-state index in [1.54, 1.807) is 31.2 Å². The predicted molar refractivity (Wildman–Crippen MR) is 135 cm³/mol. The van der Waals surface area contributed by atoms with Gasteiger partial charge in [-0.1, -0.05) is 24.3 Å². The largest absolute Gasteiger partial charge is 0.508 e. The van der Waals surface area contributed by atoms with Gasteiger partial charge in [-0.2, -0.15) is 0 Å². The topological polar surface area (TPSA) is 113 Å². The van der Waals surface area contributed by atoms with Gasteiger partial charge in [0.2, 0.25) is 5.78 Å². The second kappa shape index (κ2) is 9.87. The van der Waals surface area contributed by atoms with Crippen molar-refractivity contribution in [2.24, 2.45) is 5.92 Å². The molecule has 7 nitrogen and oxygen atoms in total. The molecular formula is C29H28O7. The maximum atomic E-state index is 13.9. The molecule has 36 heavy (non-hydrogen) atoms. The summed E-state index contributed by atoms with van der Waals surface area (Å²) >= 11 is 0. The number of allylic oxidation sites excluding steroid dienone is 4. The van der Waals surface area contributed by atoms with E-state index < -0.39 is 11.7 Å². The lowest BCUT2D eigenvalue weighted by molar-refractivity contribution is -0.116. The Bertz CT molecular complexity index is 1360. The first kappa shape index (κ1) is 25.0. The van der Waals surface area contributed by atoms with Gasteiger partial charge < -0.3 is 24.8 Å². The Hall–Kier alpha value is -4.10. The molecule has 2 aliphatic carbocycles. The van der Waals surface area contributed by atoms with Crippen LogP contribution in [0.3, 0.4) is 0 Å². The van der Waals surface area contributed by atoms with Crippen LogP contribution in [0.5, 0.6) is 17.2 Å². The molecule has 0 radical (unpaired) electrons. The third-order valence-electron chi connectivity index (χ3n) is 6.50. The zero-order valence-corrected chi connectivity index (χ0v) is 20.4. The number of hydrogen-bond donors (Lipinski definition) is 3. The van der Waals surface area contributed by atoms with Crippen molar-refractivity contribution in [3.8, 4) is 17.2 Å². The van der Waals surface area contributed by atoms with Crippen molar-refractivity contribution in [3.05, 3.63) is 88.2 Å². The minimum atomic E-state index is -0.461. The van der Waals surface area contributed by atoms with Crippen molar-refractivity contribution < 1.29 is 34.4 Å². The van der Waals surface area contributed by atoms with E-state index in [-0.39, 0.29) is 53.2 Å². The summed E-state index contributed by atoms with van der Waals surface area (Å²) in [6, 6.07) is 9.14. The lowest BCUT2D eigenvalue weighted by Crippen LogP contribution is -2.32. The quantitative estimate of drug-likeness (QED) is 0.397. The number of ether oxygens (including phenoxy) is 2. The van der Waals surface area contributed by atoms with Crippen LogP contribution in [0.15, 0.2) is 71.5 Å². The summed E-state index contributed by atoms with van der Waals surface area (Å²) in [5.41, 5.74) is 3.74. The molecule has 0 fully saturated rings. The van der Waals surface area contributed by atoms with Crippen LogP contribution in [0, 0.1) is 5.92 Å². The van der Waals surface area contributed by atoms with Gasteiger partial charge in [-0.3, -0.25) is 9.59 Å². The van der Waals surface area contributed by atoms with Crippen molar-refractivity contribution in [3.63, 3.8) is 0 Å². The number of aliphatic hydroxyl groups excluding tert-OH is 1. The van der Waals surface area contributed by atoms with Crippen LogP contribution >= 0.6 is 0 Å². The molecule has 0 spiro atoms. The Morgan fingerprint density at radius 2 is 1.78 bits per heavy atom. The molecule has 0 amide bonds. The number of rotatable bonds is 7. The fourth-order valence-electron chi connectivity index (χ4n) is 4.59. The Kier molecular flexibility index (Phi) is 6.86. The number of phenolic OH excluding ortho intramolecular Hbond substituents is 2. The van der Waals surface area contributed by atoms with Gasteiger partial charge in [0.15, 0.2) is 23.0 Å². The normalized spacial score (nSPS) is 17.7. The third-order valence-corrected chi connectivity index (χ3v) is 6.50. The standard InChI is InChI=1S/C29H28O7/c1-15(2)20-11-18-12-23(36-10-9-16(3)14-30)22(32)13-21(18)26-25(20)27(33)24(29(35-4)28(26)34)17-5-7-19(31)8-6-17/h5-9,12-13,20,30-32H,1,10-11,14H2,2-4H3. The SMILES string of the molecule is C=C(C)C1Cc2cc(OCC=C(C)CO)c(O)cc2C2=C1C(=O)C(c1ccc(O)cc1)=C(OC)C2=O. The molecule has 0 heterocycles. The number of aliphatic hydroxyl groups is 1. The predicted octanol–water partition coefficient (Wildman–Crippen LogP) is 4.13. The fraction of sp³-hybridized carbons (Fsp3) is 0.241. The van der Waals surface area contributed by atoms with Gasteiger partial charge in [0.1, 0.15) is 12.4 Å². The van der Waals surface area contributed by atoms with Crippen LogP contribution < -0.4 is 4.74 Å². The first-order valence-corrected chi connectivity index (χ1v) is 11.5. The number of carbonyl (C=O) groups excluding carboxylic acids is 2. The number of carbonyl (C=O) groups is 2.